The van der Waals surface area contributed by atoms with E-state index in [9.17, 15) is 4.79 Å². The third kappa shape index (κ3) is 5.50. The lowest BCUT2D eigenvalue weighted by Crippen LogP contribution is -2.36. The first-order chi connectivity index (χ1) is 6.40. The van der Waals surface area contributed by atoms with Crippen LogP contribution in [0.1, 0.15) is 27.2 Å². The summed E-state index contributed by atoms with van der Waals surface area (Å²) in [5.41, 5.74) is -0.664. The standard InChI is InChI=1S/C10H21NO2S/c1-8(14-4)5-6-11-7-10(2,3)9(12)13/h8,11H,5-7H2,1-4H3,(H,12,13). The van der Waals surface area contributed by atoms with Crippen molar-refractivity contribution >= 4 is 17.7 Å². The number of carbonyl (C=O) groups is 1. The van der Waals surface area contributed by atoms with Crippen LogP contribution in [-0.2, 0) is 4.79 Å². The van der Waals surface area contributed by atoms with Crippen molar-refractivity contribution in [1.29, 1.82) is 0 Å². The van der Waals surface area contributed by atoms with Crippen LogP contribution >= 0.6 is 11.8 Å². The Balaban J connectivity index is 3.59. The quantitative estimate of drug-likeness (QED) is 0.641. The van der Waals surface area contributed by atoms with Gasteiger partial charge in [0.2, 0.25) is 0 Å². The fourth-order valence-electron chi connectivity index (χ4n) is 0.900. The molecule has 0 rings (SSSR count). The Bertz CT molecular complexity index is 183. The van der Waals surface area contributed by atoms with E-state index < -0.39 is 11.4 Å². The van der Waals surface area contributed by atoms with E-state index in [1.54, 1.807) is 13.8 Å². The monoisotopic (exact) mass is 219 g/mol. The molecule has 2 N–H and O–H groups in total. The van der Waals surface area contributed by atoms with E-state index >= 15 is 0 Å². The first-order valence-electron chi connectivity index (χ1n) is 4.87. The van der Waals surface area contributed by atoms with Crippen molar-refractivity contribution < 1.29 is 9.90 Å². The van der Waals surface area contributed by atoms with Crippen LogP contribution in [0, 0.1) is 5.41 Å². The molecule has 1 atom stereocenters. The topological polar surface area (TPSA) is 49.3 Å². The highest BCUT2D eigenvalue weighted by Gasteiger charge is 2.26. The molecule has 84 valence electrons. The second-order valence-electron chi connectivity index (χ2n) is 4.20. The van der Waals surface area contributed by atoms with Gasteiger partial charge in [-0.2, -0.15) is 11.8 Å². The summed E-state index contributed by atoms with van der Waals surface area (Å²) in [6.45, 7) is 7.07. The summed E-state index contributed by atoms with van der Waals surface area (Å²) in [6.07, 6.45) is 3.17. The van der Waals surface area contributed by atoms with Crippen LogP contribution in [0.15, 0.2) is 0 Å². The maximum Gasteiger partial charge on any atom is 0.310 e. The molecule has 0 aliphatic rings. The van der Waals surface area contributed by atoms with E-state index in [0.717, 1.165) is 13.0 Å². The molecule has 0 aromatic heterocycles. The Labute approximate surface area is 90.7 Å². The molecule has 0 heterocycles. The number of carboxylic acid groups (broad SMARTS) is 1. The number of carboxylic acids is 1. The van der Waals surface area contributed by atoms with Crippen molar-refractivity contribution in [1.82, 2.24) is 5.32 Å². The van der Waals surface area contributed by atoms with Crippen LogP contribution in [0.2, 0.25) is 0 Å². The van der Waals surface area contributed by atoms with Gasteiger partial charge in [-0.05, 0) is 33.1 Å². The first kappa shape index (κ1) is 13.8. The molecule has 0 aromatic rings. The maximum absolute atomic E-state index is 10.8. The Morgan fingerprint density at radius 1 is 1.57 bits per heavy atom. The second-order valence-corrected chi connectivity index (χ2v) is 5.48. The highest BCUT2D eigenvalue weighted by Crippen LogP contribution is 2.13. The molecule has 0 saturated carbocycles. The third-order valence-corrected chi connectivity index (χ3v) is 3.32. The number of thioether (sulfide) groups is 1. The third-order valence-electron chi connectivity index (χ3n) is 2.28. The lowest BCUT2D eigenvalue weighted by molar-refractivity contribution is -0.146. The minimum atomic E-state index is -0.747. The predicted molar refractivity (Wildman–Crippen MR) is 61.9 cm³/mol. The Kier molecular flexibility index (Phi) is 6.20. The van der Waals surface area contributed by atoms with Crippen molar-refractivity contribution in [3.05, 3.63) is 0 Å². The van der Waals surface area contributed by atoms with E-state index in [1.807, 2.05) is 11.8 Å². The van der Waals surface area contributed by atoms with Crippen molar-refractivity contribution in [2.75, 3.05) is 19.3 Å². The van der Waals surface area contributed by atoms with Crippen LogP contribution in [0.25, 0.3) is 0 Å². The second kappa shape index (κ2) is 6.30. The summed E-state index contributed by atoms with van der Waals surface area (Å²) >= 11 is 1.83. The van der Waals surface area contributed by atoms with Gasteiger partial charge in [-0.3, -0.25) is 4.79 Å². The summed E-state index contributed by atoms with van der Waals surface area (Å²) in [4.78, 5) is 10.8. The molecule has 0 saturated heterocycles. The normalized spacial score (nSPS) is 14.0. The number of hydrogen-bond donors (Lipinski definition) is 2. The number of hydrogen-bond acceptors (Lipinski definition) is 3. The van der Waals surface area contributed by atoms with E-state index in [4.69, 9.17) is 5.11 Å². The van der Waals surface area contributed by atoms with Gasteiger partial charge in [-0.1, -0.05) is 6.92 Å². The highest BCUT2D eigenvalue weighted by molar-refractivity contribution is 7.99. The summed E-state index contributed by atoms with van der Waals surface area (Å²) in [6, 6.07) is 0. The Hall–Kier alpha value is -0.220. The molecule has 4 heteroatoms. The van der Waals surface area contributed by atoms with Gasteiger partial charge in [0.05, 0.1) is 5.41 Å². The van der Waals surface area contributed by atoms with E-state index in [1.165, 1.54) is 0 Å². The number of nitrogens with one attached hydrogen (secondary N) is 1. The average molecular weight is 219 g/mol. The number of rotatable bonds is 7. The zero-order valence-corrected chi connectivity index (χ0v) is 10.3. The minimum absolute atomic E-state index is 0.531. The van der Waals surface area contributed by atoms with E-state index in [2.05, 4.69) is 18.5 Å². The predicted octanol–water partition coefficient (Wildman–Crippen LogP) is 1.83. The summed E-state index contributed by atoms with van der Waals surface area (Å²) in [5.74, 6) is -0.747. The van der Waals surface area contributed by atoms with Gasteiger partial charge in [0.15, 0.2) is 0 Å². The van der Waals surface area contributed by atoms with Gasteiger partial charge < -0.3 is 10.4 Å². The van der Waals surface area contributed by atoms with Crippen LogP contribution in [-0.4, -0.2) is 35.7 Å². The van der Waals surface area contributed by atoms with Gasteiger partial charge in [0.1, 0.15) is 0 Å². The van der Waals surface area contributed by atoms with Crippen molar-refractivity contribution in [2.45, 2.75) is 32.4 Å². The van der Waals surface area contributed by atoms with Crippen LogP contribution in [0.5, 0.6) is 0 Å². The maximum atomic E-state index is 10.8. The molecule has 3 nitrogen and oxygen atoms in total. The molecule has 1 unspecified atom stereocenters. The van der Waals surface area contributed by atoms with Crippen molar-refractivity contribution in [3.63, 3.8) is 0 Å². The summed E-state index contributed by atoms with van der Waals surface area (Å²) < 4.78 is 0. The largest absolute Gasteiger partial charge is 0.481 e. The Morgan fingerprint density at radius 2 is 2.14 bits per heavy atom. The van der Waals surface area contributed by atoms with Crippen LogP contribution in [0.3, 0.4) is 0 Å². The molecular weight excluding hydrogens is 198 g/mol. The summed E-state index contributed by atoms with van der Waals surface area (Å²) in [7, 11) is 0. The van der Waals surface area contributed by atoms with Gasteiger partial charge in [-0.25, -0.2) is 0 Å². The Morgan fingerprint density at radius 3 is 2.57 bits per heavy atom. The average Bonchev–Trinajstić information content (AvgIpc) is 2.11. The van der Waals surface area contributed by atoms with Crippen LogP contribution < -0.4 is 5.32 Å². The molecule has 14 heavy (non-hydrogen) atoms. The lowest BCUT2D eigenvalue weighted by Gasteiger charge is -2.20. The van der Waals surface area contributed by atoms with Crippen LogP contribution in [0.4, 0.5) is 0 Å². The van der Waals surface area contributed by atoms with Crippen molar-refractivity contribution in [2.24, 2.45) is 5.41 Å². The molecule has 0 bridgehead atoms. The molecule has 0 radical (unpaired) electrons. The zero-order chi connectivity index (χ0) is 11.2. The highest BCUT2D eigenvalue weighted by atomic mass is 32.2. The fourth-order valence-corrected chi connectivity index (χ4v) is 1.25. The fraction of sp³-hybridized carbons (Fsp3) is 0.900. The molecular formula is C10H21NO2S. The van der Waals surface area contributed by atoms with E-state index in [0.29, 0.717) is 11.8 Å². The zero-order valence-electron chi connectivity index (χ0n) is 9.46. The minimum Gasteiger partial charge on any atom is -0.481 e. The van der Waals surface area contributed by atoms with Gasteiger partial charge in [0.25, 0.3) is 0 Å². The molecule has 0 aliphatic heterocycles. The molecule has 0 aromatic carbocycles. The van der Waals surface area contributed by atoms with Gasteiger partial charge in [-0.15, -0.1) is 0 Å². The van der Waals surface area contributed by atoms with E-state index in [-0.39, 0.29) is 0 Å². The van der Waals surface area contributed by atoms with Crippen molar-refractivity contribution in [3.8, 4) is 0 Å². The SMILES string of the molecule is CSC(C)CCNCC(C)(C)C(=O)O. The van der Waals surface area contributed by atoms with Gasteiger partial charge >= 0.3 is 5.97 Å². The molecule has 0 amide bonds. The molecule has 0 fully saturated rings. The summed E-state index contributed by atoms with van der Waals surface area (Å²) in [5, 5.41) is 12.7. The first-order valence-corrected chi connectivity index (χ1v) is 6.16. The van der Waals surface area contributed by atoms with Gasteiger partial charge in [0, 0.05) is 11.8 Å². The lowest BCUT2D eigenvalue weighted by atomic mass is 9.94. The smallest absolute Gasteiger partial charge is 0.310 e. The number of aliphatic carboxylic acids is 1. The molecule has 0 spiro atoms. The molecule has 0 aliphatic carbocycles.